The van der Waals surface area contributed by atoms with E-state index in [4.69, 9.17) is 0 Å². The number of imidazole rings is 1. The van der Waals surface area contributed by atoms with Crippen LogP contribution >= 0.6 is 0 Å². The molecule has 0 spiro atoms. The summed E-state index contributed by atoms with van der Waals surface area (Å²) in [6.07, 6.45) is 5.07. The minimum absolute atomic E-state index is 0.0931. The normalized spacial score (nSPS) is 11.0. The van der Waals surface area contributed by atoms with Crippen molar-refractivity contribution in [2.75, 3.05) is 6.54 Å². The molecule has 27 heavy (non-hydrogen) atoms. The van der Waals surface area contributed by atoms with E-state index in [1.54, 1.807) is 40.3 Å². The van der Waals surface area contributed by atoms with Crippen LogP contribution in [0.4, 0.5) is 4.39 Å². The van der Waals surface area contributed by atoms with Crippen LogP contribution in [0.3, 0.4) is 0 Å². The first kappa shape index (κ1) is 18.8. The van der Waals surface area contributed by atoms with Gasteiger partial charge in [-0.2, -0.15) is 0 Å². The van der Waals surface area contributed by atoms with Gasteiger partial charge in [-0.05, 0) is 47.9 Å². The number of pyridine rings is 1. The van der Waals surface area contributed by atoms with E-state index in [1.807, 2.05) is 19.2 Å². The fourth-order valence-electron chi connectivity index (χ4n) is 2.92. The van der Waals surface area contributed by atoms with Crippen molar-refractivity contribution in [3.8, 4) is 11.3 Å². The van der Waals surface area contributed by atoms with Gasteiger partial charge in [0.05, 0.1) is 12.0 Å². The van der Waals surface area contributed by atoms with Gasteiger partial charge in [-0.15, -0.1) is 0 Å². The molecule has 0 N–H and O–H groups in total. The van der Waals surface area contributed by atoms with Crippen LogP contribution in [0.5, 0.6) is 0 Å². The first-order valence-electron chi connectivity index (χ1n) is 8.90. The first-order valence-corrected chi connectivity index (χ1v) is 8.90. The Morgan fingerprint density at radius 3 is 2.56 bits per heavy atom. The predicted octanol–water partition coefficient (Wildman–Crippen LogP) is 3.92. The summed E-state index contributed by atoms with van der Waals surface area (Å²) in [5.74, 6) is -0.0421. The van der Waals surface area contributed by atoms with Crippen LogP contribution in [0.25, 0.3) is 11.3 Å². The second-order valence-electron chi connectivity index (χ2n) is 7.06. The molecule has 5 nitrogen and oxygen atoms in total. The molecular formula is C21H23FN4O. The van der Waals surface area contributed by atoms with E-state index in [2.05, 4.69) is 23.8 Å². The van der Waals surface area contributed by atoms with Gasteiger partial charge >= 0.3 is 0 Å². The molecular weight excluding hydrogens is 343 g/mol. The van der Waals surface area contributed by atoms with Gasteiger partial charge < -0.3 is 9.47 Å². The fourth-order valence-corrected chi connectivity index (χ4v) is 2.92. The molecule has 1 amide bonds. The Morgan fingerprint density at radius 1 is 1.19 bits per heavy atom. The summed E-state index contributed by atoms with van der Waals surface area (Å²) < 4.78 is 14.9. The lowest BCUT2D eigenvalue weighted by atomic mass is 10.1. The SMILES string of the molecule is CC(C)CN(Cc1ccnc(-c2ccc(F)cc2)c1)C(=O)c1cn(C)cn1. The zero-order chi connectivity index (χ0) is 19.4. The van der Waals surface area contributed by atoms with Crippen molar-refractivity contribution in [2.24, 2.45) is 13.0 Å². The Morgan fingerprint density at radius 2 is 1.93 bits per heavy atom. The maximum absolute atomic E-state index is 13.2. The van der Waals surface area contributed by atoms with Crippen molar-refractivity contribution in [3.05, 3.63) is 72.2 Å². The molecule has 0 unspecified atom stereocenters. The van der Waals surface area contributed by atoms with E-state index in [1.165, 1.54) is 12.1 Å². The topological polar surface area (TPSA) is 51.0 Å². The highest BCUT2D eigenvalue weighted by molar-refractivity contribution is 5.92. The van der Waals surface area contributed by atoms with E-state index in [9.17, 15) is 9.18 Å². The highest BCUT2D eigenvalue weighted by Crippen LogP contribution is 2.20. The fraction of sp³-hybridized carbons (Fsp3) is 0.286. The molecule has 6 heteroatoms. The van der Waals surface area contributed by atoms with Gasteiger partial charge in [-0.25, -0.2) is 9.37 Å². The molecule has 0 aliphatic rings. The van der Waals surface area contributed by atoms with Gasteiger partial charge in [0, 0.05) is 38.1 Å². The van der Waals surface area contributed by atoms with Crippen LogP contribution in [-0.4, -0.2) is 31.9 Å². The molecule has 3 aromatic rings. The number of hydrogen-bond donors (Lipinski definition) is 0. The van der Waals surface area contributed by atoms with Crippen molar-refractivity contribution in [2.45, 2.75) is 20.4 Å². The van der Waals surface area contributed by atoms with Crippen molar-refractivity contribution >= 4 is 5.91 Å². The number of aromatic nitrogens is 3. The monoisotopic (exact) mass is 366 g/mol. The van der Waals surface area contributed by atoms with Crippen molar-refractivity contribution < 1.29 is 9.18 Å². The summed E-state index contributed by atoms with van der Waals surface area (Å²) in [6, 6.07) is 10.1. The van der Waals surface area contributed by atoms with Gasteiger partial charge in [0.2, 0.25) is 0 Å². The lowest BCUT2D eigenvalue weighted by molar-refractivity contribution is 0.0717. The van der Waals surface area contributed by atoms with E-state index in [-0.39, 0.29) is 11.7 Å². The summed E-state index contributed by atoms with van der Waals surface area (Å²) in [5, 5.41) is 0. The van der Waals surface area contributed by atoms with E-state index >= 15 is 0 Å². The third kappa shape index (κ3) is 4.78. The lowest BCUT2D eigenvalue weighted by Gasteiger charge is -2.24. The number of nitrogens with zero attached hydrogens (tertiary/aromatic N) is 4. The van der Waals surface area contributed by atoms with Crippen LogP contribution in [0.2, 0.25) is 0 Å². The minimum atomic E-state index is -0.279. The summed E-state index contributed by atoms with van der Waals surface area (Å²) in [4.78, 5) is 23.2. The predicted molar refractivity (Wildman–Crippen MR) is 102 cm³/mol. The van der Waals surface area contributed by atoms with Crippen molar-refractivity contribution in [1.29, 1.82) is 0 Å². The highest BCUT2D eigenvalue weighted by Gasteiger charge is 2.19. The molecule has 0 saturated carbocycles. The molecule has 2 heterocycles. The quantitative estimate of drug-likeness (QED) is 0.664. The van der Waals surface area contributed by atoms with Gasteiger partial charge in [0.1, 0.15) is 11.5 Å². The van der Waals surface area contributed by atoms with Crippen LogP contribution in [0, 0.1) is 11.7 Å². The molecule has 0 fully saturated rings. The zero-order valence-corrected chi connectivity index (χ0v) is 15.8. The standard InChI is InChI=1S/C21H23FN4O/c1-15(2)11-26(21(27)20-13-25(3)14-24-20)12-16-8-9-23-19(10-16)17-4-6-18(22)7-5-17/h4-10,13-15H,11-12H2,1-3H3. The molecule has 0 atom stereocenters. The van der Waals surface area contributed by atoms with Crippen LogP contribution in [0.1, 0.15) is 29.9 Å². The Hall–Kier alpha value is -3.02. The highest BCUT2D eigenvalue weighted by atomic mass is 19.1. The summed E-state index contributed by atoms with van der Waals surface area (Å²) >= 11 is 0. The Kier molecular flexibility index (Phi) is 5.64. The average molecular weight is 366 g/mol. The largest absolute Gasteiger partial charge is 0.340 e. The van der Waals surface area contributed by atoms with Crippen LogP contribution < -0.4 is 0 Å². The second-order valence-corrected chi connectivity index (χ2v) is 7.06. The van der Waals surface area contributed by atoms with Gasteiger partial charge in [0.25, 0.3) is 5.91 Å². The zero-order valence-electron chi connectivity index (χ0n) is 15.8. The van der Waals surface area contributed by atoms with Crippen molar-refractivity contribution in [1.82, 2.24) is 19.4 Å². The maximum atomic E-state index is 13.2. The number of carbonyl (C=O) groups is 1. The molecule has 3 rings (SSSR count). The number of hydrogen-bond acceptors (Lipinski definition) is 3. The van der Waals surface area contributed by atoms with Gasteiger partial charge in [-0.1, -0.05) is 13.8 Å². The van der Waals surface area contributed by atoms with Gasteiger partial charge in [-0.3, -0.25) is 9.78 Å². The molecule has 140 valence electrons. The number of rotatable bonds is 6. The van der Waals surface area contributed by atoms with E-state index in [0.29, 0.717) is 24.7 Å². The summed E-state index contributed by atoms with van der Waals surface area (Å²) in [7, 11) is 1.84. The second kappa shape index (κ2) is 8.12. The minimum Gasteiger partial charge on any atom is -0.340 e. The molecule has 0 aliphatic carbocycles. The molecule has 0 bridgehead atoms. The first-order chi connectivity index (χ1) is 12.9. The summed E-state index contributed by atoms with van der Waals surface area (Å²) in [5.41, 5.74) is 2.99. The van der Waals surface area contributed by atoms with E-state index in [0.717, 1.165) is 16.8 Å². The number of carbonyl (C=O) groups excluding carboxylic acids is 1. The third-order valence-electron chi connectivity index (χ3n) is 4.13. The summed E-state index contributed by atoms with van der Waals surface area (Å²) in [6.45, 7) is 5.25. The number of amides is 1. The van der Waals surface area contributed by atoms with Crippen LogP contribution in [0.15, 0.2) is 55.1 Å². The van der Waals surface area contributed by atoms with E-state index < -0.39 is 0 Å². The smallest absolute Gasteiger partial charge is 0.274 e. The van der Waals surface area contributed by atoms with Crippen LogP contribution in [-0.2, 0) is 13.6 Å². The Balaban J connectivity index is 1.84. The molecule has 2 aromatic heterocycles. The molecule has 0 aliphatic heterocycles. The maximum Gasteiger partial charge on any atom is 0.274 e. The number of halogens is 1. The Bertz CT molecular complexity index is 918. The van der Waals surface area contributed by atoms with Crippen molar-refractivity contribution in [3.63, 3.8) is 0 Å². The molecule has 0 saturated heterocycles. The molecule has 0 radical (unpaired) electrons. The third-order valence-corrected chi connectivity index (χ3v) is 4.13. The number of benzene rings is 1. The average Bonchev–Trinajstić information content (AvgIpc) is 3.07. The molecule has 1 aromatic carbocycles. The van der Waals surface area contributed by atoms with Gasteiger partial charge in [0.15, 0.2) is 0 Å². The number of aryl methyl sites for hydroxylation is 1. The lowest BCUT2D eigenvalue weighted by Crippen LogP contribution is -2.34. The Labute approximate surface area is 158 Å².